The molecule has 210 valence electrons. The molecule has 6 rings (SSSR count). The fraction of sp³-hybridized carbons (Fsp3) is 0.176. The van der Waals surface area contributed by atoms with E-state index in [1.54, 1.807) is 37.6 Å². The fourth-order valence-corrected chi connectivity index (χ4v) is 5.21. The Morgan fingerprint density at radius 3 is 2.36 bits per heavy atom. The summed E-state index contributed by atoms with van der Waals surface area (Å²) < 4.78 is 11.7. The Hall–Kier alpha value is -5.24. The number of carbonyl (C=O) groups is 2. The van der Waals surface area contributed by atoms with Crippen LogP contribution in [0.5, 0.6) is 5.75 Å². The smallest absolute Gasteiger partial charge is 0.211 e. The maximum absolute atomic E-state index is 12.9. The van der Waals surface area contributed by atoms with Crippen LogP contribution in [-0.2, 0) is 19.3 Å². The van der Waals surface area contributed by atoms with Crippen molar-refractivity contribution in [3.05, 3.63) is 125 Å². The number of methoxy groups -OCH3 is 1. The minimum Gasteiger partial charge on any atom is -0.496 e. The zero-order chi connectivity index (χ0) is 29.1. The molecule has 0 aliphatic heterocycles. The highest BCUT2D eigenvalue weighted by Gasteiger charge is 2.30. The minimum absolute atomic E-state index is 0.0265. The second-order valence-corrected chi connectivity index (χ2v) is 10.2. The van der Waals surface area contributed by atoms with Crippen LogP contribution in [0.1, 0.15) is 44.3 Å². The summed E-state index contributed by atoms with van der Waals surface area (Å²) in [5.41, 5.74) is 12.5. The summed E-state index contributed by atoms with van der Waals surface area (Å²) in [7, 11) is 1.65. The first-order valence-electron chi connectivity index (χ1n) is 13.9. The molecule has 0 atom stereocenters. The van der Waals surface area contributed by atoms with Gasteiger partial charge in [-0.3, -0.25) is 14.6 Å². The van der Waals surface area contributed by atoms with E-state index in [0.717, 1.165) is 47.2 Å². The van der Waals surface area contributed by atoms with Crippen LogP contribution in [-0.4, -0.2) is 35.2 Å². The summed E-state index contributed by atoms with van der Waals surface area (Å²) >= 11 is 0. The monoisotopic (exact) mass is 558 g/mol. The number of oxazole rings is 1. The number of aromatic nitrogens is 2. The van der Waals surface area contributed by atoms with Crippen molar-refractivity contribution in [3.8, 4) is 16.9 Å². The molecule has 3 aromatic carbocycles. The fourth-order valence-electron chi connectivity index (χ4n) is 5.21. The lowest BCUT2D eigenvalue weighted by Crippen LogP contribution is -2.34. The van der Waals surface area contributed by atoms with Crippen LogP contribution < -0.4 is 15.8 Å². The highest BCUT2D eigenvalue weighted by molar-refractivity contribution is 6.26. The number of benzene rings is 3. The normalized spacial score (nSPS) is 13.0. The average molecular weight is 559 g/mol. The third-order valence-electron chi connectivity index (χ3n) is 7.44. The van der Waals surface area contributed by atoms with Crippen LogP contribution in [0.25, 0.3) is 22.2 Å². The van der Waals surface area contributed by atoms with Gasteiger partial charge < -0.3 is 20.2 Å². The number of nitrogens with zero attached hydrogens (tertiary/aromatic N) is 2. The maximum Gasteiger partial charge on any atom is 0.211 e. The number of allylic oxidation sites excluding steroid dienone is 2. The number of aryl methyl sites for hydroxylation is 3. The van der Waals surface area contributed by atoms with E-state index in [4.69, 9.17) is 19.9 Å². The van der Waals surface area contributed by atoms with Gasteiger partial charge in [0.2, 0.25) is 11.6 Å². The first-order chi connectivity index (χ1) is 20.5. The zero-order valence-corrected chi connectivity index (χ0v) is 23.2. The molecule has 0 spiro atoms. The van der Waals surface area contributed by atoms with E-state index in [1.165, 1.54) is 0 Å². The number of hydrogen-bond donors (Lipinski definition) is 2. The van der Waals surface area contributed by atoms with E-state index in [-0.39, 0.29) is 23.0 Å². The van der Waals surface area contributed by atoms with Gasteiger partial charge in [0.05, 0.1) is 7.11 Å². The molecule has 0 saturated carbocycles. The molecule has 0 fully saturated rings. The Balaban J connectivity index is 1.09. The second kappa shape index (κ2) is 11.7. The van der Waals surface area contributed by atoms with E-state index in [2.05, 4.69) is 34.6 Å². The van der Waals surface area contributed by atoms with Crippen molar-refractivity contribution in [1.29, 1.82) is 0 Å². The van der Waals surface area contributed by atoms with Gasteiger partial charge in [0, 0.05) is 47.6 Å². The quantitative estimate of drug-likeness (QED) is 0.217. The zero-order valence-electron chi connectivity index (χ0n) is 23.2. The average Bonchev–Trinajstić information content (AvgIpc) is 3.44. The Morgan fingerprint density at radius 2 is 1.62 bits per heavy atom. The number of pyridine rings is 1. The summed E-state index contributed by atoms with van der Waals surface area (Å²) in [6.07, 6.45) is 4.75. The van der Waals surface area contributed by atoms with Crippen LogP contribution in [0, 0.1) is 0 Å². The minimum atomic E-state index is -0.316. The van der Waals surface area contributed by atoms with Gasteiger partial charge in [-0.1, -0.05) is 54.6 Å². The molecule has 2 heterocycles. The SMILES string of the molecule is COc1cc2oc(CCc3ccccn3)nc2cc1-c1ccc(CCCNC2=C(N)C(=O)c3ccccc3C2=O)cc1. The molecule has 0 amide bonds. The predicted molar refractivity (Wildman–Crippen MR) is 160 cm³/mol. The van der Waals surface area contributed by atoms with Crippen LogP contribution in [0.15, 0.2) is 101 Å². The summed E-state index contributed by atoms with van der Waals surface area (Å²) in [5, 5.41) is 3.10. The number of ether oxygens (including phenoxy) is 1. The molecule has 8 heteroatoms. The van der Waals surface area contributed by atoms with Crippen LogP contribution in [0.3, 0.4) is 0 Å². The predicted octanol–water partition coefficient (Wildman–Crippen LogP) is 5.46. The van der Waals surface area contributed by atoms with Gasteiger partial charge in [0.1, 0.15) is 22.7 Å². The molecule has 1 aliphatic rings. The van der Waals surface area contributed by atoms with Gasteiger partial charge in [-0.15, -0.1) is 0 Å². The first kappa shape index (κ1) is 27.0. The Morgan fingerprint density at radius 1 is 0.857 bits per heavy atom. The van der Waals surface area contributed by atoms with Crippen molar-refractivity contribution in [1.82, 2.24) is 15.3 Å². The number of nitrogens with two attached hydrogens (primary N) is 1. The highest BCUT2D eigenvalue weighted by atomic mass is 16.5. The van der Waals surface area contributed by atoms with E-state index < -0.39 is 0 Å². The molecule has 8 nitrogen and oxygen atoms in total. The third kappa shape index (κ3) is 5.39. The van der Waals surface area contributed by atoms with Gasteiger partial charge in [0.15, 0.2) is 11.5 Å². The molecule has 1 aliphatic carbocycles. The molecular formula is C34H30N4O4. The van der Waals surface area contributed by atoms with Crippen LogP contribution in [0.4, 0.5) is 0 Å². The Bertz CT molecular complexity index is 1810. The Labute approximate surface area is 243 Å². The lowest BCUT2D eigenvalue weighted by Gasteiger charge is -2.19. The van der Waals surface area contributed by atoms with Crippen molar-refractivity contribution in [2.75, 3.05) is 13.7 Å². The number of ketones is 2. The molecule has 3 N–H and O–H groups in total. The van der Waals surface area contributed by atoms with E-state index in [0.29, 0.717) is 41.3 Å². The molecule has 5 aromatic rings. The van der Waals surface area contributed by atoms with Crippen molar-refractivity contribution >= 4 is 22.7 Å². The van der Waals surface area contributed by atoms with Crippen LogP contribution >= 0.6 is 0 Å². The van der Waals surface area contributed by atoms with Crippen LogP contribution in [0.2, 0.25) is 0 Å². The van der Waals surface area contributed by atoms with Gasteiger partial charge in [0.25, 0.3) is 0 Å². The Kier molecular flexibility index (Phi) is 7.51. The maximum atomic E-state index is 12.9. The molecule has 0 unspecified atom stereocenters. The topological polar surface area (TPSA) is 120 Å². The standard InChI is InChI=1S/C34H30N4O4/c1-41-28-20-29-27(38-30(42-29)16-15-23-8-4-5-17-36-23)19-26(28)22-13-11-21(12-14-22)7-6-18-37-32-31(35)33(39)24-9-2-3-10-25(24)34(32)40/h2-5,8-14,17,19-20,37H,6-7,15-16,18,35H2,1H3. The second-order valence-electron chi connectivity index (χ2n) is 10.2. The molecule has 42 heavy (non-hydrogen) atoms. The molecular weight excluding hydrogens is 528 g/mol. The number of rotatable bonds is 10. The summed E-state index contributed by atoms with van der Waals surface area (Å²) in [6, 6.07) is 24.8. The van der Waals surface area contributed by atoms with E-state index in [9.17, 15) is 9.59 Å². The lowest BCUT2D eigenvalue weighted by molar-refractivity contribution is 0.0967. The molecule has 2 aromatic heterocycles. The third-order valence-corrected chi connectivity index (χ3v) is 7.44. The van der Waals surface area contributed by atoms with Crippen molar-refractivity contribution < 1.29 is 18.7 Å². The summed E-state index contributed by atoms with van der Waals surface area (Å²) in [4.78, 5) is 34.5. The van der Waals surface area contributed by atoms with Crippen molar-refractivity contribution in [2.45, 2.75) is 25.7 Å². The number of Topliss-reactive ketones (excluding diaryl/α,β-unsaturated/α-hetero) is 2. The number of carbonyl (C=O) groups excluding carboxylic acids is 2. The molecule has 0 saturated heterocycles. The number of nitrogens with one attached hydrogen (secondary N) is 1. The first-order valence-corrected chi connectivity index (χ1v) is 13.9. The summed E-state index contributed by atoms with van der Waals surface area (Å²) in [5.74, 6) is 0.819. The molecule has 0 radical (unpaired) electrons. The van der Waals surface area contributed by atoms with Gasteiger partial charge in [-0.2, -0.15) is 0 Å². The van der Waals surface area contributed by atoms with Gasteiger partial charge in [-0.05, 0) is 48.6 Å². The lowest BCUT2D eigenvalue weighted by atomic mass is 9.90. The largest absolute Gasteiger partial charge is 0.496 e. The van der Waals surface area contributed by atoms with Crippen molar-refractivity contribution in [2.24, 2.45) is 5.73 Å². The highest BCUT2D eigenvalue weighted by Crippen LogP contribution is 2.35. The van der Waals surface area contributed by atoms with Crippen molar-refractivity contribution in [3.63, 3.8) is 0 Å². The summed E-state index contributed by atoms with van der Waals surface area (Å²) in [6.45, 7) is 0.512. The van der Waals surface area contributed by atoms with E-state index >= 15 is 0 Å². The van der Waals surface area contributed by atoms with E-state index in [1.807, 2.05) is 30.3 Å². The number of fused-ring (bicyclic) bond motifs is 2. The number of hydrogen-bond acceptors (Lipinski definition) is 8. The van der Waals surface area contributed by atoms with Gasteiger partial charge in [-0.25, -0.2) is 4.98 Å². The molecule has 0 bridgehead atoms. The van der Waals surface area contributed by atoms with Gasteiger partial charge >= 0.3 is 0 Å².